The third-order valence-corrected chi connectivity index (χ3v) is 2.85. The molecule has 1 aromatic heterocycles. The van der Waals surface area contributed by atoms with E-state index in [4.69, 9.17) is 0 Å². The first-order valence-corrected chi connectivity index (χ1v) is 5.92. The van der Waals surface area contributed by atoms with Gasteiger partial charge in [-0.25, -0.2) is 0 Å². The maximum atomic E-state index is 11.6. The first-order valence-electron chi connectivity index (χ1n) is 5.92. The van der Waals surface area contributed by atoms with Gasteiger partial charge in [0.25, 0.3) is 5.91 Å². The molecule has 1 amide bonds. The molecule has 1 aromatic carbocycles. The third-order valence-electron chi connectivity index (χ3n) is 2.85. The van der Waals surface area contributed by atoms with Gasteiger partial charge in [-0.1, -0.05) is 19.6 Å². The van der Waals surface area contributed by atoms with Crippen molar-refractivity contribution < 1.29 is 4.79 Å². The van der Waals surface area contributed by atoms with Gasteiger partial charge in [0.2, 0.25) is 0 Å². The van der Waals surface area contributed by atoms with Crippen LogP contribution in [0.25, 0.3) is 0 Å². The highest BCUT2D eigenvalue weighted by molar-refractivity contribution is 5.94. The minimum absolute atomic E-state index is 0. The summed E-state index contributed by atoms with van der Waals surface area (Å²) < 4.78 is 1.94. The molecule has 2 rings (SSSR count). The highest BCUT2D eigenvalue weighted by Gasteiger charge is 2.06. The molecule has 0 spiro atoms. The van der Waals surface area contributed by atoms with E-state index in [-0.39, 0.29) is 13.3 Å². The topological polar surface area (TPSA) is 46.9 Å². The lowest BCUT2D eigenvalue weighted by Gasteiger charge is -2.06. The standard InChI is InChI=1S/C14H17N3O.CH4/c1-10-7-11(2)17(16-10)9-12-5-4-6-13(8-12)14(18)15-3;/h4-8H,9H2,1-3H3,(H,15,18);1H4. The van der Waals surface area contributed by atoms with Gasteiger partial charge in [-0.2, -0.15) is 5.10 Å². The average Bonchev–Trinajstić information content (AvgIpc) is 2.67. The Balaban J connectivity index is 0.00000180. The number of rotatable bonds is 3. The van der Waals surface area contributed by atoms with Gasteiger partial charge in [-0.05, 0) is 37.6 Å². The Morgan fingerprint density at radius 1 is 1.32 bits per heavy atom. The molecular formula is C15H21N3O. The number of benzene rings is 1. The van der Waals surface area contributed by atoms with E-state index in [9.17, 15) is 4.79 Å². The van der Waals surface area contributed by atoms with Crippen molar-refractivity contribution in [1.82, 2.24) is 15.1 Å². The van der Waals surface area contributed by atoms with Gasteiger partial charge in [0.1, 0.15) is 0 Å². The maximum Gasteiger partial charge on any atom is 0.251 e. The number of nitrogens with one attached hydrogen (secondary N) is 1. The van der Waals surface area contributed by atoms with Crippen LogP contribution < -0.4 is 5.32 Å². The highest BCUT2D eigenvalue weighted by atomic mass is 16.1. The molecule has 0 aliphatic carbocycles. The Hall–Kier alpha value is -2.10. The second-order valence-corrected chi connectivity index (χ2v) is 4.36. The number of aryl methyl sites for hydroxylation is 2. The van der Waals surface area contributed by atoms with E-state index in [1.165, 1.54) is 0 Å². The van der Waals surface area contributed by atoms with E-state index >= 15 is 0 Å². The number of hydrogen-bond donors (Lipinski definition) is 1. The molecule has 0 radical (unpaired) electrons. The fourth-order valence-electron chi connectivity index (χ4n) is 1.96. The molecule has 2 aromatic rings. The lowest BCUT2D eigenvalue weighted by atomic mass is 10.1. The Morgan fingerprint density at radius 2 is 2.05 bits per heavy atom. The van der Waals surface area contributed by atoms with Crippen LogP contribution in [0.5, 0.6) is 0 Å². The normalized spacial score (nSPS) is 9.84. The molecule has 4 heteroatoms. The lowest BCUT2D eigenvalue weighted by Crippen LogP contribution is -2.18. The van der Waals surface area contributed by atoms with Crippen LogP contribution in [0.4, 0.5) is 0 Å². The molecular weight excluding hydrogens is 238 g/mol. The summed E-state index contributed by atoms with van der Waals surface area (Å²) in [5, 5.41) is 7.04. The van der Waals surface area contributed by atoms with E-state index in [2.05, 4.69) is 10.4 Å². The Kier molecular flexibility index (Phi) is 4.87. The van der Waals surface area contributed by atoms with Crippen molar-refractivity contribution in [2.45, 2.75) is 27.8 Å². The van der Waals surface area contributed by atoms with Crippen molar-refractivity contribution in [3.63, 3.8) is 0 Å². The molecule has 0 saturated heterocycles. The number of amides is 1. The summed E-state index contributed by atoms with van der Waals surface area (Å²) in [6.45, 7) is 4.69. The first kappa shape index (κ1) is 15.0. The van der Waals surface area contributed by atoms with Crippen molar-refractivity contribution in [1.29, 1.82) is 0 Å². The van der Waals surface area contributed by atoms with Crippen LogP contribution in [-0.4, -0.2) is 22.7 Å². The highest BCUT2D eigenvalue weighted by Crippen LogP contribution is 2.09. The Bertz CT molecular complexity index is 573. The SMILES string of the molecule is C.CNC(=O)c1cccc(Cn2nc(C)cc2C)c1. The summed E-state index contributed by atoms with van der Waals surface area (Å²) in [6, 6.07) is 9.65. The average molecular weight is 259 g/mol. The molecule has 0 bridgehead atoms. The molecule has 0 aliphatic heterocycles. The number of nitrogens with zero attached hydrogens (tertiary/aromatic N) is 2. The van der Waals surface area contributed by atoms with E-state index in [1.54, 1.807) is 7.05 Å². The molecule has 19 heavy (non-hydrogen) atoms. The van der Waals surface area contributed by atoms with Gasteiger partial charge >= 0.3 is 0 Å². The molecule has 0 unspecified atom stereocenters. The van der Waals surface area contributed by atoms with E-state index in [0.29, 0.717) is 12.1 Å². The van der Waals surface area contributed by atoms with Crippen LogP contribution >= 0.6 is 0 Å². The van der Waals surface area contributed by atoms with Crippen molar-refractivity contribution >= 4 is 5.91 Å². The van der Waals surface area contributed by atoms with Gasteiger partial charge < -0.3 is 5.32 Å². The fraction of sp³-hybridized carbons (Fsp3) is 0.333. The van der Waals surface area contributed by atoms with E-state index < -0.39 is 0 Å². The predicted octanol–water partition coefficient (Wildman–Crippen LogP) is 2.54. The molecule has 0 saturated carbocycles. The Morgan fingerprint density at radius 3 is 2.63 bits per heavy atom. The van der Waals surface area contributed by atoms with Crippen LogP contribution in [-0.2, 0) is 6.54 Å². The molecule has 102 valence electrons. The lowest BCUT2D eigenvalue weighted by molar-refractivity contribution is 0.0963. The van der Waals surface area contributed by atoms with E-state index in [0.717, 1.165) is 17.0 Å². The van der Waals surface area contributed by atoms with Gasteiger partial charge in [0.15, 0.2) is 0 Å². The second-order valence-electron chi connectivity index (χ2n) is 4.36. The molecule has 4 nitrogen and oxygen atoms in total. The minimum Gasteiger partial charge on any atom is -0.355 e. The number of hydrogen-bond acceptors (Lipinski definition) is 2. The summed E-state index contributed by atoms with van der Waals surface area (Å²) in [5.74, 6) is -0.0646. The van der Waals surface area contributed by atoms with Gasteiger partial charge in [0, 0.05) is 18.3 Å². The largest absolute Gasteiger partial charge is 0.355 e. The zero-order valence-electron chi connectivity index (χ0n) is 10.9. The molecule has 1 N–H and O–H groups in total. The van der Waals surface area contributed by atoms with Gasteiger partial charge in [0.05, 0.1) is 12.2 Å². The predicted molar refractivity (Wildman–Crippen MR) is 77.4 cm³/mol. The number of carbonyl (C=O) groups excluding carboxylic acids is 1. The van der Waals surface area contributed by atoms with Crippen molar-refractivity contribution in [2.24, 2.45) is 0 Å². The molecule has 1 heterocycles. The monoisotopic (exact) mass is 259 g/mol. The molecule has 0 aliphatic rings. The summed E-state index contributed by atoms with van der Waals surface area (Å²) in [6.07, 6.45) is 0. The van der Waals surface area contributed by atoms with Crippen LogP contribution in [0.3, 0.4) is 0 Å². The third kappa shape index (κ3) is 3.44. The Labute approximate surface area is 114 Å². The summed E-state index contributed by atoms with van der Waals surface area (Å²) in [7, 11) is 1.63. The zero-order chi connectivity index (χ0) is 13.1. The summed E-state index contributed by atoms with van der Waals surface area (Å²) in [5.41, 5.74) is 3.88. The zero-order valence-corrected chi connectivity index (χ0v) is 10.9. The van der Waals surface area contributed by atoms with Crippen molar-refractivity contribution in [2.75, 3.05) is 7.05 Å². The first-order chi connectivity index (χ1) is 8.60. The van der Waals surface area contributed by atoms with Crippen LogP contribution in [0.15, 0.2) is 30.3 Å². The fourth-order valence-corrected chi connectivity index (χ4v) is 1.96. The second kappa shape index (κ2) is 6.18. The van der Waals surface area contributed by atoms with Crippen LogP contribution in [0, 0.1) is 13.8 Å². The van der Waals surface area contributed by atoms with E-state index in [1.807, 2.05) is 48.9 Å². The van der Waals surface area contributed by atoms with Gasteiger partial charge in [-0.3, -0.25) is 9.48 Å². The summed E-state index contributed by atoms with van der Waals surface area (Å²) >= 11 is 0. The molecule has 0 atom stereocenters. The quantitative estimate of drug-likeness (QED) is 0.920. The van der Waals surface area contributed by atoms with Crippen molar-refractivity contribution in [3.8, 4) is 0 Å². The van der Waals surface area contributed by atoms with Crippen LogP contribution in [0.1, 0.15) is 34.7 Å². The van der Waals surface area contributed by atoms with Crippen LogP contribution in [0.2, 0.25) is 0 Å². The smallest absolute Gasteiger partial charge is 0.251 e. The summed E-state index contributed by atoms with van der Waals surface area (Å²) in [4.78, 5) is 11.6. The van der Waals surface area contributed by atoms with Crippen molar-refractivity contribution in [3.05, 3.63) is 52.8 Å². The van der Waals surface area contributed by atoms with Gasteiger partial charge in [-0.15, -0.1) is 0 Å². The number of carbonyl (C=O) groups is 1. The minimum atomic E-state index is -0.0646. The number of aromatic nitrogens is 2. The molecule has 0 fully saturated rings. The maximum absolute atomic E-state index is 11.6.